The Morgan fingerprint density at radius 3 is 3.07 bits per heavy atom. The van der Waals surface area contributed by atoms with Gasteiger partial charge in [-0.2, -0.15) is 0 Å². The molecule has 0 aromatic carbocycles. The second kappa shape index (κ2) is 4.03. The summed E-state index contributed by atoms with van der Waals surface area (Å²) in [6.07, 6.45) is 3.92. The topological polar surface area (TPSA) is 34.4 Å². The third kappa shape index (κ3) is 1.88. The Balaban J connectivity index is 2.69. The van der Waals surface area contributed by atoms with E-state index >= 15 is 0 Å². The lowest BCUT2D eigenvalue weighted by Crippen LogP contribution is -2.19. The second-order valence-electron chi connectivity index (χ2n) is 3.46. The molecule has 0 radical (unpaired) electrons. The van der Waals surface area contributed by atoms with Gasteiger partial charge in [-0.05, 0) is 31.0 Å². The molecule has 0 atom stereocenters. The largest absolute Gasteiger partial charge is 0.269 e. The predicted molar refractivity (Wildman–Crippen MR) is 60.6 cm³/mol. The van der Waals surface area contributed by atoms with Crippen molar-refractivity contribution in [2.45, 2.75) is 13.3 Å². The summed E-state index contributed by atoms with van der Waals surface area (Å²) in [6, 6.07) is 3.77. The average Bonchev–Trinajstić information content (AvgIpc) is 2.22. The highest BCUT2D eigenvalue weighted by molar-refractivity contribution is 6.17. The summed E-state index contributed by atoms with van der Waals surface area (Å²) in [5.41, 5.74) is 2.40. The third-order valence-corrected chi connectivity index (χ3v) is 2.49. The molecule has 2 aromatic heterocycles. The van der Waals surface area contributed by atoms with Crippen LogP contribution in [0.3, 0.4) is 0 Å². The number of rotatable bonds is 2. The van der Waals surface area contributed by atoms with Crippen LogP contribution < -0.4 is 5.56 Å². The van der Waals surface area contributed by atoms with Gasteiger partial charge in [0, 0.05) is 23.8 Å². The maximum atomic E-state index is 11.9. The normalized spacial score (nSPS) is 10.8. The van der Waals surface area contributed by atoms with E-state index < -0.39 is 0 Å². The zero-order valence-electron chi connectivity index (χ0n) is 8.40. The van der Waals surface area contributed by atoms with Crippen LogP contribution >= 0.6 is 11.6 Å². The van der Waals surface area contributed by atoms with Crippen molar-refractivity contribution in [2.24, 2.45) is 0 Å². The Hall–Kier alpha value is -1.35. The molecule has 0 saturated carbocycles. The summed E-state index contributed by atoms with van der Waals surface area (Å²) in [6.45, 7) is 1.97. The van der Waals surface area contributed by atoms with Crippen LogP contribution in [0, 0.1) is 6.92 Å². The predicted octanol–water partition coefficient (Wildman–Crippen LogP) is 1.78. The van der Waals surface area contributed by atoms with E-state index in [4.69, 9.17) is 11.6 Å². The van der Waals surface area contributed by atoms with Gasteiger partial charge in [0.15, 0.2) is 0 Å². The molecule has 0 N–H and O–H groups in total. The SMILES string of the molecule is Cc1ccn2c(=O)c(CCCl)cnc2c1. The highest BCUT2D eigenvalue weighted by Gasteiger charge is 2.03. The van der Waals surface area contributed by atoms with Crippen molar-refractivity contribution in [3.63, 3.8) is 0 Å². The van der Waals surface area contributed by atoms with Gasteiger partial charge in [-0.15, -0.1) is 11.6 Å². The molecule has 0 saturated heterocycles. The Labute approximate surface area is 92.3 Å². The first-order chi connectivity index (χ1) is 7.22. The molecular weight excluding hydrogens is 212 g/mol. The number of halogens is 1. The highest BCUT2D eigenvalue weighted by atomic mass is 35.5. The first-order valence-corrected chi connectivity index (χ1v) is 5.28. The van der Waals surface area contributed by atoms with E-state index in [1.807, 2.05) is 19.1 Å². The third-order valence-electron chi connectivity index (χ3n) is 2.30. The van der Waals surface area contributed by atoms with Crippen LogP contribution in [0.1, 0.15) is 11.1 Å². The summed E-state index contributed by atoms with van der Waals surface area (Å²) in [7, 11) is 0. The maximum Gasteiger partial charge on any atom is 0.261 e. The highest BCUT2D eigenvalue weighted by Crippen LogP contribution is 2.02. The zero-order chi connectivity index (χ0) is 10.8. The Kier molecular flexibility index (Phi) is 2.73. The van der Waals surface area contributed by atoms with Crippen molar-refractivity contribution < 1.29 is 0 Å². The summed E-state index contributed by atoms with van der Waals surface area (Å²) in [5, 5.41) is 0. The molecule has 0 bridgehead atoms. The fourth-order valence-electron chi connectivity index (χ4n) is 1.49. The molecule has 0 fully saturated rings. The molecule has 2 heterocycles. The van der Waals surface area contributed by atoms with Crippen LogP contribution in [0.2, 0.25) is 0 Å². The zero-order valence-corrected chi connectivity index (χ0v) is 9.16. The Morgan fingerprint density at radius 2 is 2.33 bits per heavy atom. The second-order valence-corrected chi connectivity index (χ2v) is 3.84. The van der Waals surface area contributed by atoms with E-state index in [1.165, 1.54) is 0 Å². The van der Waals surface area contributed by atoms with Gasteiger partial charge in [0.2, 0.25) is 0 Å². The van der Waals surface area contributed by atoms with Crippen molar-refractivity contribution in [1.29, 1.82) is 0 Å². The molecule has 0 amide bonds. The monoisotopic (exact) mass is 222 g/mol. The Morgan fingerprint density at radius 1 is 1.53 bits per heavy atom. The fraction of sp³-hybridized carbons (Fsp3) is 0.273. The van der Waals surface area contributed by atoms with E-state index in [2.05, 4.69) is 4.98 Å². The average molecular weight is 223 g/mol. The number of pyridine rings is 1. The molecule has 15 heavy (non-hydrogen) atoms. The number of alkyl halides is 1. The molecule has 0 aliphatic carbocycles. The van der Waals surface area contributed by atoms with E-state index in [-0.39, 0.29) is 5.56 Å². The van der Waals surface area contributed by atoms with Crippen LogP contribution in [0.4, 0.5) is 0 Å². The number of aryl methyl sites for hydroxylation is 2. The standard InChI is InChI=1S/C11H11ClN2O/c1-8-3-5-14-10(6-8)13-7-9(2-4-12)11(14)15/h3,5-7H,2,4H2,1H3. The van der Waals surface area contributed by atoms with Crippen molar-refractivity contribution in [3.8, 4) is 0 Å². The Bertz CT molecular complexity index is 548. The number of fused-ring (bicyclic) bond motifs is 1. The van der Waals surface area contributed by atoms with E-state index in [0.717, 1.165) is 5.56 Å². The van der Waals surface area contributed by atoms with Gasteiger partial charge in [-0.25, -0.2) is 4.98 Å². The minimum absolute atomic E-state index is 0.0272. The first-order valence-electron chi connectivity index (χ1n) is 4.75. The molecule has 0 aliphatic rings. The summed E-state index contributed by atoms with van der Waals surface area (Å²) >= 11 is 5.61. The van der Waals surface area contributed by atoms with Gasteiger partial charge in [0.25, 0.3) is 5.56 Å². The molecule has 2 aromatic rings. The van der Waals surface area contributed by atoms with Gasteiger partial charge in [0.1, 0.15) is 5.65 Å². The van der Waals surface area contributed by atoms with Gasteiger partial charge in [0.05, 0.1) is 0 Å². The molecular formula is C11H11ClN2O. The number of nitrogens with zero attached hydrogens (tertiary/aromatic N) is 2. The van der Waals surface area contributed by atoms with Crippen LogP contribution in [0.25, 0.3) is 5.65 Å². The van der Waals surface area contributed by atoms with Crippen LogP contribution in [-0.2, 0) is 6.42 Å². The fourth-order valence-corrected chi connectivity index (χ4v) is 1.69. The first kappa shape index (κ1) is 10.2. The minimum Gasteiger partial charge on any atom is -0.269 e. The van der Waals surface area contributed by atoms with E-state index in [0.29, 0.717) is 23.5 Å². The summed E-state index contributed by atoms with van der Waals surface area (Å²) < 4.78 is 1.55. The quantitative estimate of drug-likeness (QED) is 0.726. The molecule has 3 nitrogen and oxygen atoms in total. The lowest BCUT2D eigenvalue weighted by atomic mass is 10.2. The van der Waals surface area contributed by atoms with Crippen LogP contribution in [0.5, 0.6) is 0 Å². The summed E-state index contributed by atoms with van der Waals surface area (Å²) in [4.78, 5) is 16.1. The maximum absolute atomic E-state index is 11.9. The molecule has 0 spiro atoms. The van der Waals surface area contributed by atoms with Crippen molar-refractivity contribution in [2.75, 3.05) is 5.88 Å². The summed E-state index contributed by atoms with van der Waals surface area (Å²) in [5.74, 6) is 0.439. The molecule has 4 heteroatoms. The van der Waals surface area contributed by atoms with Crippen molar-refractivity contribution >= 4 is 17.2 Å². The van der Waals surface area contributed by atoms with Gasteiger partial charge >= 0.3 is 0 Å². The van der Waals surface area contributed by atoms with Crippen LogP contribution in [0.15, 0.2) is 29.3 Å². The number of hydrogen-bond acceptors (Lipinski definition) is 2. The van der Waals surface area contributed by atoms with Crippen molar-refractivity contribution in [1.82, 2.24) is 9.38 Å². The minimum atomic E-state index is -0.0272. The molecule has 78 valence electrons. The number of hydrogen-bond donors (Lipinski definition) is 0. The van der Waals surface area contributed by atoms with Crippen molar-refractivity contribution in [3.05, 3.63) is 46.0 Å². The lowest BCUT2D eigenvalue weighted by Gasteiger charge is -2.03. The molecule has 2 rings (SSSR count). The van der Waals surface area contributed by atoms with Gasteiger partial charge in [-0.1, -0.05) is 0 Å². The molecule has 0 aliphatic heterocycles. The molecule has 0 unspecified atom stereocenters. The van der Waals surface area contributed by atoms with Gasteiger partial charge < -0.3 is 0 Å². The number of aromatic nitrogens is 2. The van der Waals surface area contributed by atoms with E-state index in [9.17, 15) is 4.79 Å². The lowest BCUT2D eigenvalue weighted by molar-refractivity contribution is 0.966. The van der Waals surface area contributed by atoms with E-state index in [1.54, 1.807) is 16.8 Å². The van der Waals surface area contributed by atoms with Gasteiger partial charge in [-0.3, -0.25) is 9.20 Å². The smallest absolute Gasteiger partial charge is 0.261 e. The van der Waals surface area contributed by atoms with Crippen LogP contribution in [-0.4, -0.2) is 15.3 Å².